The summed E-state index contributed by atoms with van der Waals surface area (Å²) >= 11 is 0. The number of carbonyl (C=O) groups excluding carboxylic acids is 2. The van der Waals surface area contributed by atoms with E-state index in [4.69, 9.17) is 13.9 Å². The summed E-state index contributed by atoms with van der Waals surface area (Å²) in [4.78, 5) is 25.0. The van der Waals surface area contributed by atoms with Crippen LogP contribution in [0.25, 0.3) is 0 Å². The summed E-state index contributed by atoms with van der Waals surface area (Å²) in [6.07, 6.45) is 1.48. The lowest BCUT2D eigenvalue weighted by atomic mass is 10.2. The Morgan fingerprint density at radius 3 is 2.90 bits per heavy atom. The fourth-order valence-corrected chi connectivity index (χ4v) is 2.27. The molecule has 7 nitrogen and oxygen atoms in total. The van der Waals surface area contributed by atoms with Crippen LogP contribution in [0.5, 0.6) is 0 Å². The second-order valence-corrected chi connectivity index (χ2v) is 4.76. The topological polar surface area (TPSA) is 78.2 Å². The van der Waals surface area contributed by atoms with Crippen molar-refractivity contribution in [1.82, 2.24) is 4.90 Å². The molecule has 116 valence electrons. The lowest BCUT2D eigenvalue weighted by molar-refractivity contribution is -0.145. The molecule has 21 heavy (non-hydrogen) atoms. The summed E-state index contributed by atoms with van der Waals surface area (Å²) in [5.74, 6) is -0.159. The number of methoxy groups -OCH3 is 2. The second-order valence-electron chi connectivity index (χ2n) is 4.76. The van der Waals surface area contributed by atoms with Gasteiger partial charge < -0.3 is 18.6 Å². The highest BCUT2D eigenvalue weighted by molar-refractivity contribution is 5.90. The van der Waals surface area contributed by atoms with Gasteiger partial charge in [0.05, 0.1) is 46.2 Å². The summed E-state index contributed by atoms with van der Waals surface area (Å²) < 4.78 is 20.2. The third-order valence-corrected chi connectivity index (χ3v) is 3.36. The van der Waals surface area contributed by atoms with Gasteiger partial charge in [0.1, 0.15) is 11.3 Å². The van der Waals surface area contributed by atoms with E-state index in [0.29, 0.717) is 37.6 Å². The fourth-order valence-electron chi connectivity index (χ4n) is 2.27. The normalized spacial score (nSPS) is 19.2. The van der Waals surface area contributed by atoms with Crippen LogP contribution in [-0.2, 0) is 25.5 Å². The Morgan fingerprint density at radius 1 is 1.38 bits per heavy atom. The fraction of sp³-hybridized carbons (Fsp3) is 0.571. The van der Waals surface area contributed by atoms with Gasteiger partial charge in [-0.2, -0.15) is 0 Å². The zero-order valence-electron chi connectivity index (χ0n) is 12.2. The summed E-state index contributed by atoms with van der Waals surface area (Å²) in [6.45, 7) is 2.28. The summed E-state index contributed by atoms with van der Waals surface area (Å²) in [7, 11) is 2.69. The van der Waals surface area contributed by atoms with Crippen molar-refractivity contribution in [1.29, 1.82) is 0 Å². The molecule has 0 N–H and O–H groups in total. The van der Waals surface area contributed by atoms with Crippen molar-refractivity contribution < 1.29 is 28.2 Å². The predicted molar refractivity (Wildman–Crippen MR) is 71.7 cm³/mol. The molecule has 1 unspecified atom stereocenters. The largest absolute Gasteiger partial charge is 0.469 e. The van der Waals surface area contributed by atoms with E-state index in [1.165, 1.54) is 20.5 Å². The highest BCUT2D eigenvalue weighted by atomic mass is 16.5. The minimum absolute atomic E-state index is 0.206. The lowest BCUT2D eigenvalue weighted by Crippen LogP contribution is -2.43. The van der Waals surface area contributed by atoms with Crippen molar-refractivity contribution in [2.24, 2.45) is 0 Å². The molecule has 0 aromatic carbocycles. The van der Waals surface area contributed by atoms with Gasteiger partial charge in [-0.1, -0.05) is 0 Å². The molecule has 1 aromatic rings. The highest BCUT2D eigenvalue weighted by Gasteiger charge is 2.25. The van der Waals surface area contributed by atoms with Crippen molar-refractivity contribution >= 4 is 11.9 Å². The molecule has 0 amide bonds. The SMILES string of the molecule is COC(=O)CC1CN(Cc2occc2C(=O)OC)CCO1. The quantitative estimate of drug-likeness (QED) is 0.745. The van der Waals surface area contributed by atoms with Gasteiger partial charge in [0, 0.05) is 13.1 Å². The minimum atomic E-state index is -0.418. The Kier molecular flexibility index (Phi) is 5.35. The van der Waals surface area contributed by atoms with Crippen LogP contribution in [0.1, 0.15) is 22.5 Å². The number of nitrogens with zero attached hydrogens (tertiary/aromatic N) is 1. The first-order valence-electron chi connectivity index (χ1n) is 6.69. The van der Waals surface area contributed by atoms with Gasteiger partial charge in [-0.05, 0) is 6.07 Å². The third kappa shape index (κ3) is 4.05. The number of morpholine rings is 1. The van der Waals surface area contributed by atoms with Crippen LogP contribution in [0.2, 0.25) is 0 Å². The summed E-state index contributed by atoms with van der Waals surface area (Å²) in [6, 6.07) is 1.59. The lowest BCUT2D eigenvalue weighted by Gasteiger charge is -2.31. The number of hydrogen-bond acceptors (Lipinski definition) is 7. The molecule has 2 rings (SSSR count). The molecule has 0 bridgehead atoms. The van der Waals surface area contributed by atoms with E-state index in [-0.39, 0.29) is 18.5 Å². The Morgan fingerprint density at radius 2 is 2.19 bits per heavy atom. The van der Waals surface area contributed by atoms with Gasteiger partial charge in [-0.15, -0.1) is 0 Å². The first-order valence-corrected chi connectivity index (χ1v) is 6.69. The van der Waals surface area contributed by atoms with Crippen molar-refractivity contribution in [2.45, 2.75) is 19.1 Å². The first-order chi connectivity index (χ1) is 10.1. The Balaban J connectivity index is 1.95. The maximum absolute atomic E-state index is 11.6. The van der Waals surface area contributed by atoms with Gasteiger partial charge in [-0.25, -0.2) is 4.79 Å². The molecule has 1 aliphatic heterocycles. The van der Waals surface area contributed by atoms with Gasteiger partial charge in [0.25, 0.3) is 0 Å². The molecule has 0 radical (unpaired) electrons. The summed E-state index contributed by atoms with van der Waals surface area (Å²) in [5.41, 5.74) is 0.425. The van der Waals surface area contributed by atoms with Crippen LogP contribution in [-0.4, -0.2) is 56.9 Å². The molecule has 7 heteroatoms. The highest BCUT2D eigenvalue weighted by Crippen LogP contribution is 2.17. The average Bonchev–Trinajstić information content (AvgIpc) is 2.94. The van der Waals surface area contributed by atoms with Crippen molar-refractivity contribution in [3.8, 4) is 0 Å². The van der Waals surface area contributed by atoms with Crippen LogP contribution in [0.4, 0.5) is 0 Å². The van der Waals surface area contributed by atoms with Gasteiger partial charge >= 0.3 is 11.9 Å². The van der Waals surface area contributed by atoms with Gasteiger partial charge in [0.2, 0.25) is 0 Å². The van der Waals surface area contributed by atoms with E-state index in [1.54, 1.807) is 6.07 Å². The van der Waals surface area contributed by atoms with E-state index in [9.17, 15) is 9.59 Å². The molecule has 1 aromatic heterocycles. The Bertz CT molecular complexity index is 497. The monoisotopic (exact) mass is 297 g/mol. The van der Waals surface area contributed by atoms with Gasteiger partial charge in [0.15, 0.2) is 0 Å². The van der Waals surface area contributed by atoms with Crippen LogP contribution in [0.3, 0.4) is 0 Å². The molecule has 1 saturated heterocycles. The standard InChI is InChI=1S/C14H19NO6/c1-18-13(16)7-10-8-15(4-6-20-10)9-12-11(3-5-21-12)14(17)19-2/h3,5,10H,4,6-9H2,1-2H3. The van der Waals surface area contributed by atoms with Crippen LogP contribution in [0.15, 0.2) is 16.7 Å². The van der Waals surface area contributed by atoms with Crippen molar-refractivity contribution in [3.05, 3.63) is 23.7 Å². The molecular weight excluding hydrogens is 278 g/mol. The van der Waals surface area contributed by atoms with Crippen molar-refractivity contribution in [3.63, 3.8) is 0 Å². The number of carbonyl (C=O) groups is 2. The van der Waals surface area contributed by atoms with Crippen LogP contribution >= 0.6 is 0 Å². The molecular formula is C14H19NO6. The summed E-state index contributed by atoms with van der Waals surface area (Å²) in [5, 5.41) is 0. The molecule has 0 saturated carbocycles. The Hall–Kier alpha value is -1.86. The molecule has 0 aliphatic carbocycles. The zero-order chi connectivity index (χ0) is 15.2. The minimum Gasteiger partial charge on any atom is -0.469 e. The van der Waals surface area contributed by atoms with E-state index in [0.717, 1.165) is 0 Å². The van der Waals surface area contributed by atoms with Gasteiger partial charge in [-0.3, -0.25) is 9.69 Å². The molecule has 1 aliphatic rings. The maximum atomic E-state index is 11.6. The van der Waals surface area contributed by atoms with E-state index >= 15 is 0 Å². The maximum Gasteiger partial charge on any atom is 0.341 e. The number of furan rings is 1. The average molecular weight is 297 g/mol. The van der Waals surface area contributed by atoms with Crippen LogP contribution < -0.4 is 0 Å². The van der Waals surface area contributed by atoms with Crippen molar-refractivity contribution in [2.75, 3.05) is 33.9 Å². The zero-order valence-corrected chi connectivity index (χ0v) is 12.2. The number of ether oxygens (including phenoxy) is 3. The second kappa shape index (κ2) is 7.24. The predicted octanol–water partition coefficient (Wildman–Crippen LogP) is 0.830. The van der Waals surface area contributed by atoms with E-state index in [1.807, 2.05) is 0 Å². The Labute approximate surface area is 122 Å². The molecule has 1 atom stereocenters. The van der Waals surface area contributed by atoms with E-state index < -0.39 is 5.97 Å². The molecule has 0 spiro atoms. The smallest absolute Gasteiger partial charge is 0.341 e. The number of esters is 2. The van der Waals surface area contributed by atoms with E-state index in [2.05, 4.69) is 9.64 Å². The first kappa shape index (κ1) is 15.5. The number of rotatable bonds is 5. The number of hydrogen-bond donors (Lipinski definition) is 0. The van der Waals surface area contributed by atoms with Crippen LogP contribution in [0, 0.1) is 0 Å². The molecule has 1 fully saturated rings. The third-order valence-electron chi connectivity index (χ3n) is 3.36. The molecule has 2 heterocycles.